The first-order chi connectivity index (χ1) is 23.8. The Hall–Kier alpha value is -6.26. The average molecular weight is 616 g/mol. The normalized spacial score (nSPS) is 12.4. The van der Waals surface area contributed by atoms with Crippen LogP contribution in [0.2, 0.25) is 0 Å². The number of rotatable bonds is 3. The lowest BCUT2D eigenvalue weighted by atomic mass is 10.0. The summed E-state index contributed by atoms with van der Waals surface area (Å²) in [7, 11) is 0. The van der Waals surface area contributed by atoms with Gasteiger partial charge in [0.05, 0.1) is 27.8 Å². The molecule has 7 aromatic carbocycles. The molecule has 2 aliphatic heterocycles. The monoisotopic (exact) mass is 615 g/mol. The van der Waals surface area contributed by atoms with Gasteiger partial charge in [0.1, 0.15) is 11.1 Å². The lowest BCUT2D eigenvalue weighted by Crippen LogP contribution is -2.17. The summed E-state index contributed by atoms with van der Waals surface area (Å²) >= 11 is 0. The van der Waals surface area contributed by atoms with Crippen molar-refractivity contribution in [2.75, 3.05) is 0 Å². The standard InChI is InChI=1S/C44H29N3O/c1-2-27-19-24-38-39(25-27)47-42-35(34-16-10-15-33-31-13-6-8-17-37(31)46(47)41(33)34)26-36-32-14-7-9-18-40(32)48-44(36)43(42)45(38)30-22-20-29(21-23-30)28-11-4-3-5-12-28/h3-26H,2H2,1H3. The predicted molar refractivity (Wildman–Crippen MR) is 199 cm³/mol. The predicted octanol–water partition coefficient (Wildman–Crippen LogP) is 11.7. The number of aromatic nitrogens is 3. The SMILES string of the molecule is CCc1ccc2c(c1)n1n3c4ccccc4c4cccc(c5cc6c7ccccc7oc6c(c5-1)n2-c1ccc(-c2ccccc2)cc1)c43. The Kier molecular flexibility index (Phi) is 5.07. The van der Waals surface area contributed by atoms with E-state index < -0.39 is 0 Å². The molecule has 2 aliphatic rings. The molecule has 4 nitrogen and oxygen atoms in total. The summed E-state index contributed by atoms with van der Waals surface area (Å²) in [5.41, 5.74) is 13.5. The van der Waals surface area contributed by atoms with Crippen LogP contribution >= 0.6 is 0 Å². The Bertz CT molecular complexity index is 3020. The van der Waals surface area contributed by atoms with Crippen LogP contribution in [0.1, 0.15) is 12.5 Å². The highest BCUT2D eigenvalue weighted by Gasteiger charge is 2.28. The van der Waals surface area contributed by atoms with Gasteiger partial charge < -0.3 is 8.98 Å². The van der Waals surface area contributed by atoms with Gasteiger partial charge in [-0.2, -0.15) is 0 Å². The maximum atomic E-state index is 6.88. The molecule has 0 bridgehead atoms. The highest BCUT2D eigenvalue weighted by Crippen LogP contribution is 2.46. The number of para-hydroxylation sites is 3. The molecule has 0 atom stereocenters. The average Bonchev–Trinajstić information content (AvgIpc) is 3.70. The van der Waals surface area contributed by atoms with Crippen LogP contribution in [0.3, 0.4) is 0 Å². The lowest BCUT2D eigenvalue weighted by molar-refractivity contribution is 0.669. The van der Waals surface area contributed by atoms with E-state index in [1.54, 1.807) is 0 Å². The van der Waals surface area contributed by atoms with E-state index in [2.05, 4.69) is 166 Å². The largest absolute Gasteiger partial charge is 0.454 e. The number of benzene rings is 7. The van der Waals surface area contributed by atoms with Crippen molar-refractivity contribution in [2.45, 2.75) is 13.3 Å². The van der Waals surface area contributed by atoms with Crippen molar-refractivity contribution in [1.82, 2.24) is 13.8 Å². The molecule has 0 spiro atoms. The third-order valence-corrected chi connectivity index (χ3v) is 10.4. The van der Waals surface area contributed by atoms with Crippen LogP contribution in [0, 0.1) is 0 Å². The van der Waals surface area contributed by atoms with Crippen molar-refractivity contribution < 1.29 is 4.42 Å². The van der Waals surface area contributed by atoms with Crippen molar-refractivity contribution in [3.05, 3.63) is 151 Å². The molecule has 0 radical (unpaired) electrons. The fraction of sp³-hybridized carbons (Fsp3) is 0.0455. The first-order valence-electron chi connectivity index (χ1n) is 16.7. The van der Waals surface area contributed by atoms with E-state index in [-0.39, 0.29) is 0 Å². The summed E-state index contributed by atoms with van der Waals surface area (Å²) in [5, 5.41) is 7.22. The summed E-state index contributed by atoms with van der Waals surface area (Å²) in [6.45, 7) is 2.23. The van der Waals surface area contributed by atoms with E-state index >= 15 is 0 Å². The third kappa shape index (κ3) is 3.29. The van der Waals surface area contributed by atoms with Crippen molar-refractivity contribution in [3.63, 3.8) is 0 Å². The number of nitrogens with zero attached hydrogens (tertiary/aromatic N) is 3. The fourth-order valence-corrected chi connectivity index (χ4v) is 8.18. The Labute approximate surface area is 275 Å². The molecule has 2 aromatic heterocycles. The highest BCUT2D eigenvalue weighted by molar-refractivity contribution is 6.25. The molecule has 226 valence electrons. The molecule has 0 N–H and O–H groups in total. The van der Waals surface area contributed by atoms with Crippen LogP contribution in [0.4, 0.5) is 0 Å². The number of hydrogen-bond donors (Lipinski definition) is 0. The minimum atomic E-state index is 0.893. The molecule has 0 saturated carbocycles. The van der Waals surface area contributed by atoms with E-state index in [9.17, 15) is 0 Å². The second-order valence-corrected chi connectivity index (χ2v) is 12.9. The smallest absolute Gasteiger partial charge is 0.161 e. The maximum Gasteiger partial charge on any atom is 0.161 e. The van der Waals surface area contributed by atoms with Gasteiger partial charge in [-0.25, -0.2) is 9.20 Å². The van der Waals surface area contributed by atoms with Gasteiger partial charge in [-0.15, -0.1) is 0 Å². The minimum absolute atomic E-state index is 0.893. The zero-order valence-corrected chi connectivity index (χ0v) is 26.3. The minimum Gasteiger partial charge on any atom is -0.454 e. The Morgan fingerprint density at radius 3 is 2.04 bits per heavy atom. The Balaban J connectivity index is 1.43. The molecule has 4 heterocycles. The summed E-state index contributed by atoms with van der Waals surface area (Å²) in [6, 6.07) is 52.9. The lowest BCUT2D eigenvalue weighted by Gasteiger charge is -2.27. The van der Waals surface area contributed by atoms with Crippen molar-refractivity contribution in [2.24, 2.45) is 0 Å². The van der Waals surface area contributed by atoms with E-state index in [4.69, 9.17) is 4.42 Å². The van der Waals surface area contributed by atoms with Gasteiger partial charge in [-0.05, 0) is 65.6 Å². The number of hydrogen-bond acceptors (Lipinski definition) is 1. The Morgan fingerprint density at radius 2 is 1.21 bits per heavy atom. The number of aryl methyl sites for hydroxylation is 1. The van der Waals surface area contributed by atoms with E-state index in [0.717, 1.165) is 56.3 Å². The van der Waals surface area contributed by atoms with Gasteiger partial charge in [0.25, 0.3) is 0 Å². The topological polar surface area (TPSA) is 27.4 Å². The van der Waals surface area contributed by atoms with Gasteiger partial charge in [-0.1, -0.05) is 110 Å². The second kappa shape index (κ2) is 9.40. The van der Waals surface area contributed by atoms with E-state index in [1.807, 2.05) is 0 Å². The maximum absolute atomic E-state index is 6.88. The summed E-state index contributed by atoms with van der Waals surface area (Å²) in [5.74, 6) is 0. The third-order valence-electron chi connectivity index (χ3n) is 10.4. The first-order valence-corrected chi connectivity index (χ1v) is 16.7. The van der Waals surface area contributed by atoms with Gasteiger partial charge in [0.15, 0.2) is 5.58 Å². The molecule has 0 unspecified atom stereocenters. The molecule has 11 rings (SSSR count). The fourth-order valence-electron chi connectivity index (χ4n) is 8.18. The van der Waals surface area contributed by atoms with Gasteiger partial charge in [0.2, 0.25) is 0 Å². The van der Waals surface area contributed by atoms with Crippen LogP contribution in [-0.4, -0.2) is 13.8 Å². The molecule has 0 amide bonds. The molecule has 0 saturated heterocycles. The van der Waals surface area contributed by atoms with Crippen LogP contribution < -0.4 is 0 Å². The van der Waals surface area contributed by atoms with Crippen LogP contribution in [0.5, 0.6) is 0 Å². The van der Waals surface area contributed by atoms with Crippen LogP contribution in [-0.2, 0) is 6.42 Å². The van der Waals surface area contributed by atoms with Crippen LogP contribution in [0.15, 0.2) is 150 Å². The quantitative estimate of drug-likeness (QED) is 0.143. The molecule has 0 aliphatic carbocycles. The molecule has 9 aromatic rings. The van der Waals surface area contributed by atoms with Crippen molar-refractivity contribution >= 4 is 71.1 Å². The second-order valence-electron chi connectivity index (χ2n) is 12.9. The molecule has 0 fully saturated rings. The molecule has 48 heavy (non-hydrogen) atoms. The van der Waals surface area contributed by atoms with Gasteiger partial charge in [-0.3, -0.25) is 0 Å². The first kappa shape index (κ1) is 25.9. The summed E-state index contributed by atoms with van der Waals surface area (Å²) in [6.07, 6.45) is 0.952. The van der Waals surface area contributed by atoms with Crippen LogP contribution in [0.25, 0.3) is 93.6 Å². The zero-order chi connectivity index (χ0) is 31.5. The van der Waals surface area contributed by atoms with E-state index in [0.29, 0.717) is 0 Å². The van der Waals surface area contributed by atoms with Gasteiger partial charge in [0, 0.05) is 38.0 Å². The molecular weight excluding hydrogens is 587 g/mol. The van der Waals surface area contributed by atoms with Crippen molar-refractivity contribution in [1.29, 1.82) is 0 Å². The zero-order valence-electron chi connectivity index (χ0n) is 26.3. The Morgan fingerprint density at radius 1 is 0.500 bits per heavy atom. The molecular formula is C44H29N3O. The summed E-state index contributed by atoms with van der Waals surface area (Å²) in [4.78, 5) is 0. The molecule has 4 heteroatoms. The van der Waals surface area contributed by atoms with E-state index in [1.165, 1.54) is 49.3 Å². The van der Waals surface area contributed by atoms with Crippen molar-refractivity contribution in [3.8, 4) is 22.5 Å². The number of furan rings is 1. The summed E-state index contributed by atoms with van der Waals surface area (Å²) < 4.78 is 14.2. The number of fused-ring (bicyclic) bond motifs is 11. The van der Waals surface area contributed by atoms with Gasteiger partial charge >= 0.3 is 0 Å². The highest BCUT2D eigenvalue weighted by atomic mass is 16.3.